The molecule has 0 atom stereocenters. The van der Waals surface area contributed by atoms with Crippen LogP contribution in [-0.2, 0) is 9.53 Å². The van der Waals surface area contributed by atoms with Gasteiger partial charge in [0.2, 0.25) is 5.91 Å². The smallest absolute Gasteiger partial charge is 0.254 e. The van der Waals surface area contributed by atoms with Gasteiger partial charge in [-0.1, -0.05) is 0 Å². The number of halogens is 1. The van der Waals surface area contributed by atoms with Crippen molar-refractivity contribution in [3.05, 3.63) is 29.3 Å². The third-order valence-electron chi connectivity index (χ3n) is 3.59. The first-order valence-corrected chi connectivity index (χ1v) is 7.38. The summed E-state index contributed by atoms with van der Waals surface area (Å²) in [7, 11) is 1.68. The molecule has 0 spiro atoms. The number of ether oxygens (including phenoxy) is 1. The monoisotopic (exact) mass is 310 g/mol. The summed E-state index contributed by atoms with van der Waals surface area (Å²) in [6, 6.07) is 5.34. The lowest BCUT2D eigenvalue weighted by molar-refractivity contribution is -0.116. The number of nitrogens with zero attached hydrogens (tertiary/aromatic N) is 2. The Morgan fingerprint density at radius 1 is 1.33 bits per heavy atom. The van der Waals surface area contributed by atoms with Gasteiger partial charge in [0.05, 0.1) is 13.2 Å². The van der Waals surface area contributed by atoms with Crippen molar-refractivity contribution in [2.24, 2.45) is 0 Å². The van der Waals surface area contributed by atoms with E-state index < -0.39 is 0 Å². The summed E-state index contributed by atoms with van der Waals surface area (Å²) < 4.78 is 5.25. The highest BCUT2D eigenvalue weighted by molar-refractivity contribution is 6.29. The van der Waals surface area contributed by atoms with Crippen LogP contribution in [0.25, 0.3) is 0 Å². The normalized spacial score (nSPS) is 14.9. The fourth-order valence-electron chi connectivity index (χ4n) is 2.34. The lowest BCUT2D eigenvalue weighted by Gasteiger charge is -2.27. The van der Waals surface area contributed by atoms with Crippen molar-refractivity contribution >= 4 is 29.1 Å². The molecule has 1 aromatic rings. The van der Waals surface area contributed by atoms with E-state index in [1.807, 2.05) is 13.0 Å². The average molecular weight is 311 g/mol. The number of anilines is 1. The lowest BCUT2D eigenvalue weighted by atomic mass is 10.1. The fraction of sp³-hybridized carbons (Fsp3) is 0.467. The first-order chi connectivity index (χ1) is 10.0. The molecule has 0 unspecified atom stereocenters. The molecule has 1 fully saturated rings. The number of aryl methyl sites for hydroxylation is 1. The molecular formula is C15H19ClN2O3. The Labute approximate surface area is 129 Å². The molecule has 0 N–H and O–H groups in total. The van der Waals surface area contributed by atoms with Gasteiger partial charge < -0.3 is 14.5 Å². The molecule has 1 aliphatic rings. The van der Waals surface area contributed by atoms with Crippen LogP contribution >= 0.6 is 11.6 Å². The average Bonchev–Trinajstić information content (AvgIpc) is 2.53. The van der Waals surface area contributed by atoms with Gasteiger partial charge in [-0.2, -0.15) is 0 Å². The highest BCUT2D eigenvalue weighted by Crippen LogP contribution is 2.21. The fourth-order valence-corrected chi connectivity index (χ4v) is 2.52. The van der Waals surface area contributed by atoms with Gasteiger partial charge in [0.1, 0.15) is 5.88 Å². The summed E-state index contributed by atoms with van der Waals surface area (Å²) in [5.74, 6) is -0.240. The van der Waals surface area contributed by atoms with Gasteiger partial charge in [-0.3, -0.25) is 9.59 Å². The van der Waals surface area contributed by atoms with Crippen LogP contribution in [0.2, 0.25) is 0 Å². The molecule has 0 bridgehead atoms. The minimum absolute atomic E-state index is 0.000673. The van der Waals surface area contributed by atoms with Crippen LogP contribution in [0.4, 0.5) is 5.69 Å². The van der Waals surface area contributed by atoms with Crippen LogP contribution in [0.1, 0.15) is 15.9 Å². The van der Waals surface area contributed by atoms with E-state index in [0.29, 0.717) is 31.9 Å². The number of hydrogen-bond acceptors (Lipinski definition) is 3. The SMILES string of the molecule is Cc1cc(C(=O)N2CCOCC2)ccc1N(C)C(=O)CCl. The number of benzene rings is 1. The van der Waals surface area contributed by atoms with E-state index >= 15 is 0 Å². The minimum Gasteiger partial charge on any atom is -0.378 e. The Hall–Kier alpha value is -1.59. The van der Waals surface area contributed by atoms with Crippen molar-refractivity contribution in [3.63, 3.8) is 0 Å². The minimum atomic E-state index is -0.174. The Morgan fingerprint density at radius 3 is 2.57 bits per heavy atom. The zero-order valence-corrected chi connectivity index (χ0v) is 13.0. The molecular weight excluding hydrogens is 292 g/mol. The summed E-state index contributed by atoms with van der Waals surface area (Å²) in [6.07, 6.45) is 0. The predicted octanol–water partition coefficient (Wildman–Crippen LogP) is 1.67. The Bertz CT molecular complexity index is 542. The molecule has 1 saturated heterocycles. The summed E-state index contributed by atoms with van der Waals surface area (Å²) in [6.45, 7) is 4.27. The number of rotatable bonds is 3. The number of carbonyl (C=O) groups is 2. The van der Waals surface area contributed by atoms with Gasteiger partial charge in [-0.25, -0.2) is 0 Å². The van der Waals surface area contributed by atoms with E-state index in [2.05, 4.69) is 0 Å². The van der Waals surface area contributed by atoms with Gasteiger partial charge in [0.15, 0.2) is 0 Å². The van der Waals surface area contributed by atoms with Crippen LogP contribution in [-0.4, -0.2) is 55.9 Å². The van der Waals surface area contributed by atoms with Gasteiger partial charge in [0.25, 0.3) is 5.91 Å². The number of hydrogen-bond donors (Lipinski definition) is 0. The van der Waals surface area contributed by atoms with E-state index in [1.54, 1.807) is 24.1 Å². The molecule has 0 aliphatic carbocycles. The van der Waals surface area contributed by atoms with Crippen molar-refractivity contribution in [1.29, 1.82) is 0 Å². The van der Waals surface area contributed by atoms with E-state index in [1.165, 1.54) is 4.90 Å². The van der Waals surface area contributed by atoms with Crippen molar-refractivity contribution in [1.82, 2.24) is 4.90 Å². The molecule has 1 heterocycles. The maximum absolute atomic E-state index is 12.4. The van der Waals surface area contributed by atoms with E-state index in [4.69, 9.17) is 16.3 Å². The first kappa shape index (κ1) is 15.8. The molecule has 6 heteroatoms. The molecule has 0 saturated carbocycles. The van der Waals surface area contributed by atoms with E-state index in [9.17, 15) is 9.59 Å². The summed E-state index contributed by atoms with van der Waals surface area (Å²) in [4.78, 5) is 27.3. The number of amides is 2. The maximum Gasteiger partial charge on any atom is 0.254 e. The van der Waals surface area contributed by atoms with Crippen LogP contribution in [0.5, 0.6) is 0 Å². The summed E-state index contributed by atoms with van der Waals surface area (Å²) in [5, 5.41) is 0. The van der Waals surface area contributed by atoms with Crippen LogP contribution in [0.15, 0.2) is 18.2 Å². The summed E-state index contributed by atoms with van der Waals surface area (Å²) in [5.41, 5.74) is 2.26. The number of carbonyl (C=O) groups excluding carboxylic acids is 2. The highest BCUT2D eigenvalue weighted by Gasteiger charge is 2.20. The maximum atomic E-state index is 12.4. The molecule has 2 rings (SSSR count). The van der Waals surface area contributed by atoms with E-state index in [0.717, 1.165) is 11.3 Å². The van der Waals surface area contributed by atoms with Crippen molar-refractivity contribution in [3.8, 4) is 0 Å². The predicted molar refractivity (Wildman–Crippen MR) is 82.0 cm³/mol. The molecule has 1 aliphatic heterocycles. The van der Waals surface area contributed by atoms with Gasteiger partial charge in [-0.05, 0) is 30.7 Å². The zero-order valence-electron chi connectivity index (χ0n) is 12.3. The second-order valence-electron chi connectivity index (χ2n) is 4.99. The molecule has 1 aromatic carbocycles. The van der Waals surface area contributed by atoms with Crippen LogP contribution in [0, 0.1) is 6.92 Å². The van der Waals surface area contributed by atoms with Crippen molar-refractivity contribution in [2.45, 2.75) is 6.92 Å². The van der Waals surface area contributed by atoms with Crippen molar-refractivity contribution in [2.75, 3.05) is 44.1 Å². The van der Waals surface area contributed by atoms with Crippen molar-refractivity contribution < 1.29 is 14.3 Å². The molecule has 21 heavy (non-hydrogen) atoms. The van der Waals surface area contributed by atoms with Crippen LogP contribution < -0.4 is 4.90 Å². The third-order valence-corrected chi connectivity index (χ3v) is 3.82. The Balaban J connectivity index is 2.18. The Kier molecular flexibility index (Phi) is 5.20. The van der Waals surface area contributed by atoms with E-state index in [-0.39, 0.29) is 17.7 Å². The second kappa shape index (κ2) is 6.91. The topological polar surface area (TPSA) is 49.9 Å². The molecule has 114 valence electrons. The molecule has 2 amide bonds. The highest BCUT2D eigenvalue weighted by atomic mass is 35.5. The molecule has 0 radical (unpaired) electrons. The second-order valence-corrected chi connectivity index (χ2v) is 5.26. The zero-order chi connectivity index (χ0) is 15.4. The summed E-state index contributed by atoms with van der Waals surface area (Å²) >= 11 is 5.57. The standard InChI is InChI=1S/C15H19ClN2O3/c1-11-9-12(15(20)18-5-7-21-8-6-18)3-4-13(11)17(2)14(19)10-16/h3-4,9H,5-8,10H2,1-2H3. The first-order valence-electron chi connectivity index (χ1n) is 6.84. The van der Waals surface area contributed by atoms with Crippen LogP contribution in [0.3, 0.4) is 0 Å². The van der Waals surface area contributed by atoms with Gasteiger partial charge in [0, 0.05) is 31.4 Å². The van der Waals surface area contributed by atoms with Gasteiger partial charge >= 0.3 is 0 Å². The largest absolute Gasteiger partial charge is 0.378 e. The van der Waals surface area contributed by atoms with Gasteiger partial charge in [-0.15, -0.1) is 11.6 Å². The quantitative estimate of drug-likeness (QED) is 0.798. The molecule has 5 nitrogen and oxygen atoms in total. The molecule has 0 aromatic heterocycles. The lowest BCUT2D eigenvalue weighted by Crippen LogP contribution is -2.40. The third kappa shape index (κ3) is 3.54. The Morgan fingerprint density at radius 2 is 2.00 bits per heavy atom. The number of alkyl halides is 1. The number of morpholine rings is 1.